The number of nitrogens with one attached hydrogen (secondary N) is 1. The molecule has 0 saturated heterocycles. The van der Waals surface area contributed by atoms with E-state index >= 15 is 0 Å². The third kappa shape index (κ3) is 5.76. The van der Waals surface area contributed by atoms with Crippen LogP contribution in [0.15, 0.2) is 48.5 Å². The molecule has 0 unspecified atom stereocenters. The van der Waals surface area contributed by atoms with Crippen molar-refractivity contribution in [2.45, 2.75) is 13.2 Å². The van der Waals surface area contributed by atoms with Gasteiger partial charge in [0, 0.05) is 11.6 Å². The highest BCUT2D eigenvalue weighted by molar-refractivity contribution is 6.30. The zero-order valence-electron chi connectivity index (χ0n) is 12.1. The van der Waals surface area contributed by atoms with Crippen LogP contribution >= 0.6 is 11.6 Å². The van der Waals surface area contributed by atoms with Crippen molar-refractivity contribution in [3.63, 3.8) is 0 Å². The van der Waals surface area contributed by atoms with Crippen LogP contribution in [0.25, 0.3) is 0 Å². The van der Waals surface area contributed by atoms with E-state index in [0.717, 1.165) is 22.9 Å². The Morgan fingerprint density at radius 3 is 2.57 bits per heavy atom. The van der Waals surface area contributed by atoms with Crippen molar-refractivity contribution in [1.82, 2.24) is 5.32 Å². The number of ether oxygens (including phenoxy) is 2. The molecule has 21 heavy (non-hydrogen) atoms. The molecular formula is C17H20ClNO2. The lowest BCUT2D eigenvalue weighted by atomic mass is 10.2. The summed E-state index contributed by atoms with van der Waals surface area (Å²) in [6, 6.07) is 15.7. The second-order valence-electron chi connectivity index (χ2n) is 4.71. The summed E-state index contributed by atoms with van der Waals surface area (Å²) >= 11 is 5.83. The molecule has 3 nitrogen and oxygen atoms in total. The monoisotopic (exact) mass is 305 g/mol. The van der Waals surface area contributed by atoms with E-state index in [-0.39, 0.29) is 0 Å². The summed E-state index contributed by atoms with van der Waals surface area (Å²) < 4.78 is 11.3. The number of hydrogen-bond acceptors (Lipinski definition) is 3. The molecule has 0 aliphatic rings. The topological polar surface area (TPSA) is 30.5 Å². The molecule has 0 heterocycles. The van der Waals surface area contributed by atoms with Gasteiger partial charge in [0.25, 0.3) is 0 Å². The third-order valence-electron chi connectivity index (χ3n) is 2.96. The molecule has 4 heteroatoms. The summed E-state index contributed by atoms with van der Waals surface area (Å²) in [5.74, 6) is 0.873. The second-order valence-corrected chi connectivity index (χ2v) is 5.14. The summed E-state index contributed by atoms with van der Waals surface area (Å²) in [7, 11) is 1.93. The molecule has 1 N–H and O–H groups in total. The third-order valence-corrected chi connectivity index (χ3v) is 3.21. The number of benzene rings is 2. The molecule has 0 fully saturated rings. The average Bonchev–Trinajstić information content (AvgIpc) is 2.50. The van der Waals surface area contributed by atoms with Gasteiger partial charge in [-0.3, -0.25) is 0 Å². The van der Waals surface area contributed by atoms with E-state index in [4.69, 9.17) is 21.1 Å². The highest BCUT2D eigenvalue weighted by Crippen LogP contribution is 2.13. The van der Waals surface area contributed by atoms with E-state index in [0.29, 0.717) is 19.8 Å². The minimum atomic E-state index is 0.538. The standard InChI is InChI=1S/C17H20ClNO2/c1-19-12-15-3-2-4-17(11-15)21-10-9-20-13-14-5-7-16(18)8-6-14/h2-8,11,19H,9-10,12-13H2,1H3. The van der Waals surface area contributed by atoms with Crippen LogP contribution in [-0.4, -0.2) is 20.3 Å². The SMILES string of the molecule is CNCc1cccc(OCCOCc2ccc(Cl)cc2)c1. The zero-order valence-corrected chi connectivity index (χ0v) is 12.9. The number of hydrogen-bond donors (Lipinski definition) is 1. The fraction of sp³-hybridized carbons (Fsp3) is 0.294. The van der Waals surface area contributed by atoms with E-state index in [2.05, 4.69) is 11.4 Å². The summed E-state index contributed by atoms with van der Waals surface area (Å²) in [4.78, 5) is 0. The molecule has 0 aliphatic heterocycles. The minimum absolute atomic E-state index is 0.538. The van der Waals surface area contributed by atoms with Crippen molar-refractivity contribution in [3.8, 4) is 5.75 Å². The Kier molecular flexibility index (Phi) is 6.54. The molecule has 2 aromatic rings. The molecule has 0 bridgehead atoms. The summed E-state index contributed by atoms with van der Waals surface area (Å²) in [5.41, 5.74) is 2.31. The Morgan fingerprint density at radius 2 is 1.81 bits per heavy atom. The molecule has 0 saturated carbocycles. The van der Waals surface area contributed by atoms with E-state index in [1.54, 1.807) is 0 Å². The van der Waals surface area contributed by atoms with E-state index < -0.39 is 0 Å². The molecule has 0 atom stereocenters. The van der Waals surface area contributed by atoms with Gasteiger partial charge in [-0.1, -0.05) is 35.9 Å². The van der Waals surface area contributed by atoms with Gasteiger partial charge < -0.3 is 14.8 Å². The van der Waals surface area contributed by atoms with Gasteiger partial charge in [-0.05, 0) is 42.4 Å². The Labute approximate surface area is 130 Å². The lowest BCUT2D eigenvalue weighted by Gasteiger charge is -2.09. The maximum atomic E-state index is 5.83. The van der Waals surface area contributed by atoms with Crippen LogP contribution in [0.3, 0.4) is 0 Å². The van der Waals surface area contributed by atoms with Gasteiger partial charge in [0.05, 0.1) is 13.2 Å². The Hall–Kier alpha value is -1.55. The van der Waals surface area contributed by atoms with Crippen LogP contribution in [0.4, 0.5) is 0 Å². The Balaban J connectivity index is 1.67. The first-order valence-corrected chi connectivity index (χ1v) is 7.34. The highest BCUT2D eigenvalue weighted by atomic mass is 35.5. The van der Waals surface area contributed by atoms with Crippen molar-refractivity contribution in [2.24, 2.45) is 0 Å². The first-order chi connectivity index (χ1) is 10.3. The van der Waals surface area contributed by atoms with Crippen LogP contribution in [0, 0.1) is 0 Å². The first-order valence-electron chi connectivity index (χ1n) is 6.96. The van der Waals surface area contributed by atoms with Gasteiger partial charge in [0.2, 0.25) is 0 Å². The summed E-state index contributed by atoms with van der Waals surface area (Å²) in [5, 5.41) is 3.86. The van der Waals surface area contributed by atoms with E-state index in [9.17, 15) is 0 Å². The van der Waals surface area contributed by atoms with Gasteiger partial charge in [-0.15, -0.1) is 0 Å². The van der Waals surface area contributed by atoms with Crippen molar-refractivity contribution in [2.75, 3.05) is 20.3 Å². The number of halogens is 1. The van der Waals surface area contributed by atoms with Crippen LogP contribution in [0.2, 0.25) is 5.02 Å². The van der Waals surface area contributed by atoms with E-state index in [1.165, 1.54) is 5.56 Å². The molecule has 0 spiro atoms. The van der Waals surface area contributed by atoms with Crippen LogP contribution in [0.1, 0.15) is 11.1 Å². The first kappa shape index (κ1) is 15.8. The van der Waals surface area contributed by atoms with Gasteiger partial charge in [0.1, 0.15) is 12.4 Å². The lowest BCUT2D eigenvalue weighted by molar-refractivity contribution is 0.0889. The average molecular weight is 306 g/mol. The van der Waals surface area contributed by atoms with Crippen molar-refractivity contribution in [1.29, 1.82) is 0 Å². The van der Waals surface area contributed by atoms with Gasteiger partial charge >= 0.3 is 0 Å². The molecule has 0 aliphatic carbocycles. The van der Waals surface area contributed by atoms with Gasteiger partial charge in [0.15, 0.2) is 0 Å². The summed E-state index contributed by atoms with van der Waals surface area (Å²) in [6.07, 6.45) is 0. The maximum Gasteiger partial charge on any atom is 0.119 e. The largest absolute Gasteiger partial charge is 0.491 e. The zero-order chi connectivity index (χ0) is 14.9. The molecule has 0 amide bonds. The lowest BCUT2D eigenvalue weighted by Crippen LogP contribution is -2.08. The van der Waals surface area contributed by atoms with Crippen LogP contribution in [0.5, 0.6) is 5.75 Å². The maximum absolute atomic E-state index is 5.83. The smallest absolute Gasteiger partial charge is 0.119 e. The van der Waals surface area contributed by atoms with E-state index in [1.807, 2.05) is 49.5 Å². The molecule has 2 aromatic carbocycles. The molecule has 0 radical (unpaired) electrons. The Bertz CT molecular complexity index is 543. The van der Waals surface area contributed by atoms with Crippen LogP contribution < -0.4 is 10.1 Å². The summed E-state index contributed by atoms with van der Waals surface area (Å²) in [6.45, 7) is 2.50. The van der Waals surface area contributed by atoms with Crippen LogP contribution in [-0.2, 0) is 17.9 Å². The predicted octanol–water partition coefficient (Wildman–Crippen LogP) is 3.66. The normalized spacial score (nSPS) is 10.6. The molecule has 2 rings (SSSR count). The minimum Gasteiger partial charge on any atom is -0.491 e. The highest BCUT2D eigenvalue weighted by Gasteiger charge is 1.97. The fourth-order valence-electron chi connectivity index (χ4n) is 1.94. The van der Waals surface area contributed by atoms with Gasteiger partial charge in [-0.25, -0.2) is 0 Å². The quantitative estimate of drug-likeness (QED) is 0.755. The molecular weight excluding hydrogens is 286 g/mol. The fourth-order valence-corrected chi connectivity index (χ4v) is 2.06. The second kappa shape index (κ2) is 8.67. The van der Waals surface area contributed by atoms with Crippen molar-refractivity contribution in [3.05, 3.63) is 64.7 Å². The number of rotatable bonds is 8. The van der Waals surface area contributed by atoms with Crippen molar-refractivity contribution < 1.29 is 9.47 Å². The van der Waals surface area contributed by atoms with Gasteiger partial charge in [-0.2, -0.15) is 0 Å². The Morgan fingerprint density at radius 1 is 1.00 bits per heavy atom. The molecule has 0 aromatic heterocycles. The van der Waals surface area contributed by atoms with Crippen molar-refractivity contribution >= 4 is 11.6 Å². The predicted molar refractivity (Wildman–Crippen MR) is 85.8 cm³/mol. The molecule has 112 valence electrons.